The van der Waals surface area contributed by atoms with Gasteiger partial charge in [0.2, 0.25) is 0 Å². The van der Waals surface area contributed by atoms with Crippen LogP contribution in [0.25, 0.3) is 11.0 Å². The summed E-state index contributed by atoms with van der Waals surface area (Å²) in [4.78, 5) is 0. The van der Waals surface area contributed by atoms with Gasteiger partial charge in [0.15, 0.2) is 0 Å². The molecule has 4 nitrogen and oxygen atoms in total. The molecule has 2 aromatic rings. The molecule has 0 radical (unpaired) electrons. The number of nitrogens with two attached hydrogens (primary N) is 1. The molecule has 0 aliphatic heterocycles. The molecule has 0 saturated carbocycles. The van der Waals surface area contributed by atoms with Crippen molar-refractivity contribution >= 4 is 11.0 Å². The first-order valence-electron chi connectivity index (χ1n) is 5.54. The molecule has 0 fully saturated rings. The molecule has 0 amide bonds. The lowest BCUT2D eigenvalue weighted by Crippen LogP contribution is -2.18. The van der Waals surface area contributed by atoms with Gasteiger partial charge >= 0.3 is 0 Å². The van der Waals surface area contributed by atoms with Crippen molar-refractivity contribution < 1.29 is 13.9 Å². The van der Waals surface area contributed by atoms with Crippen LogP contribution < -0.4 is 15.2 Å². The van der Waals surface area contributed by atoms with E-state index in [1.807, 2.05) is 19.1 Å². The molecule has 2 N–H and O–H groups in total. The Morgan fingerprint density at radius 2 is 2.12 bits per heavy atom. The van der Waals surface area contributed by atoms with Gasteiger partial charge in [0.1, 0.15) is 17.1 Å². The van der Waals surface area contributed by atoms with Crippen LogP contribution in [0.3, 0.4) is 0 Å². The van der Waals surface area contributed by atoms with Crippen LogP contribution in [-0.2, 0) is 6.42 Å². The van der Waals surface area contributed by atoms with E-state index in [9.17, 15) is 0 Å². The maximum atomic E-state index is 5.86. The van der Waals surface area contributed by atoms with Crippen LogP contribution in [0.15, 0.2) is 22.8 Å². The number of rotatable bonds is 4. The van der Waals surface area contributed by atoms with E-state index in [-0.39, 0.29) is 6.04 Å². The summed E-state index contributed by atoms with van der Waals surface area (Å²) in [6, 6.07) is 3.80. The SMILES string of the molecule is COc1cc2occc2c(OC)c1CC(C)N. The molecule has 0 bridgehead atoms. The molecule has 2 rings (SSSR count). The number of benzene rings is 1. The summed E-state index contributed by atoms with van der Waals surface area (Å²) in [5.74, 6) is 1.53. The third kappa shape index (κ3) is 2.08. The zero-order chi connectivity index (χ0) is 12.4. The molecular formula is C13H17NO3. The highest BCUT2D eigenvalue weighted by Gasteiger charge is 2.17. The van der Waals surface area contributed by atoms with Crippen molar-refractivity contribution in [3.05, 3.63) is 24.0 Å². The van der Waals surface area contributed by atoms with Crippen molar-refractivity contribution in [3.63, 3.8) is 0 Å². The zero-order valence-corrected chi connectivity index (χ0v) is 10.3. The molecule has 0 aliphatic carbocycles. The first-order chi connectivity index (χ1) is 8.17. The highest BCUT2D eigenvalue weighted by atomic mass is 16.5. The molecule has 0 spiro atoms. The molecule has 1 unspecified atom stereocenters. The Morgan fingerprint density at radius 3 is 2.71 bits per heavy atom. The second-order valence-corrected chi connectivity index (χ2v) is 4.10. The summed E-state index contributed by atoms with van der Waals surface area (Å²) in [5, 5.41) is 0.948. The second-order valence-electron chi connectivity index (χ2n) is 4.10. The topological polar surface area (TPSA) is 57.6 Å². The van der Waals surface area contributed by atoms with E-state index in [1.54, 1.807) is 20.5 Å². The Labute approximate surface area is 100 Å². The molecule has 17 heavy (non-hydrogen) atoms. The first-order valence-corrected chi connectivity index (χ1v) is 5.54. The molecule has 4 heteroatoms. The molecule has 1 aromatic carbocycles. The number of hydrogen-bond donors (Lipinski definition) is 1. The third-order valence-corrected chi connectivity index (χ3v) is 2.72. The van der Waals surface area contributed by atoms with E-state index in [2.05, 4.69) is 0 Å². The highest BCUT2D eigenvalue weighted by molar-refractivity contribution is 5.87. The largest absolute Gasteiger partial charge is 0.496 e. The third-order valence-electron chi connectivity index (χ3n) is 2.72. The minimum Gasteiger partial charge on any atom is -0.496 e. The maximum absolute atomic E-state index is 5.86. The van der Waals surface area contributed by atoms with Gasteiger partial charge in [-0.05, 0) is 19.4 Å². The van der Waals surface area contributed by atoms with Crippen LogP contribution in [0, 0.1) is 0 Å². The minimum absolute atomic E-state index is 0.0437. The predicted octanol–water partition coefficient (Wildman–Crippen LogP) is 2.34. The maximum Gasteiger partial charge on any atom is 0.141 e. The van der Waals surface area contributed by atoms with Crippen molar-refractivity contribution in [1.29, 1.82) is 0 Å². The Morgan fingerprint density at radius 1 is 1.35 bits per heavy atom. The minimum atomic E-state index is 0.0437. The highest BCUT2D eigenvalue weighted by Crippen LogP contribution is 2.38. The molecule has 92 valence electrons. The Kier molecular flexibility index (Phi) is 3.24. The van der Waals surface area contributed by atoms with Crippen molar-refractivity contribution in [2.24, 2.45) is 5.73 Å². The van der Waals surface area contributed by atoms with Gasteiger partial charge in [-0.2, -0.15) is 0 Å². The van der Waals surface area contributed by atoms with E-state index in [0.29, 0.717) is 6.42 Å². The van der Waals surface area contributed by atoms with Crippen LogP contribution in [0.1, 0.15) is 12.5 Å². The van der Waals surface area contributed by atoms with Gasteiger partial charge in [0.25, 0.3) is 0 Å². The Balaban J connectivity index is 2.66. The van der Waals surface area contributed by atoms with Crippen LogP contribution in [-0.4, -0.2) is 20.3 Å². The normalized spacial score (nSPS) is 12.7. The molecule has 1 atom stereocenters. The molecule has 1 heterocycles. The molecule has 0 aliphatic rings. The number of fused-ring (bicyclic) bond motifs is 1. The lowest BCUT2D eigenvalue weighted by molar-refractivity contribution is 0.386. The van der Waals surface area contributed by atoms with Crippen LogP contribution in [0.5, 0.6) is 11.5 Å². The number of methoxy groups -OCH3 is 2. The summed E-state index contributed by atoms with van der Waals surface area (Å²) in [6.45, 7) is 1.96. The molecule has 1 aromatic heterocycles. The van der Waals surface area contributed by atoms with Gasteiger partial charge in [0, 0.05) is 17.7 Å². The zero-order valence-electron chi connectivity index (χ0n) is 10.3. The van der Waals surface area contributed by atoms with Crippen molar-refractivity contribution in [2.45, 2.75) is 19.4 Å². The lowest BCUT2D eigenvalue weighted by Gasteiger charge is -2.15. The van der Waals surface area contributed by atoms with Crippen LogP contribution in [0.2, 0.25) is 0 Å². The standard InChI is InChI=1S/C13H17NO3/c1-8(14)6-10-11(15-2)7-12-9(4-5-17-12)13(10)16-3/h4-5,7-8H,6,14H2,1-3H3. The number of ether oxygens (including phenoxy) is 2. The average Bonchev–Trinajstić information content (AvgIpc) is 2.75. The van der Waals surface area contributed by atoms with Gasteiger partial charge < -0.3 is 19.6 Å². The van der Waals surface area contributed by atoms with Gasteiger partial charge in [-0.3, -0.25) is 0 Å². The van der Waals surface area contributed by atoms with Crippen molar-refractivity contribution in [2.75, 3.05) is 14.2 Å². The van der Waals surface area contributed by atoms with Crippen LogP contribution in [0.4, 0.5) is 0 Å². The smallest absolute Gasteiger partial charge is 0.141 e. The van der Waals surface area contributed by atoms with Gasteiger partial charge in [0.05, 0.1) is 25.9 Å². The Bertz CT molecular complexity index is 517. The summed E-state index contributed by atoms with van der Waals surface area (Å²) in [6.07, 6.45) is 2.34. The Hall–Kier alpha value is -1.68. The van der Waals surface area contributed by atoms with Gasteiger partial charge in [-0.25, -0.2) is 0 Å². The fourth-order valence-corrected chi connectivity index (χ4v) is 2.03. The van der Waals surface area contributed by atoms with Crippen LogP contribution >= 0.6 is 0 Å². The summed E-state index contributed by atoms with van der Waals surface area (Å²) in [5.41, 5.74) is 7.60. The van der Waals surface area contributed by atoms with E-state index < -0.39 is 0 Å². The van der Waals surface area contributed by atoms with E-state index in [4.69, 9.17) is 19.6 Å². The van der Waals surface area contributed by atoms with E-state index in [0.717, 1.165) is 28.0 Å². The van der Waals surface area contributed by atoms with Gasteiger partial charge in [-0.15, -0.1) is 0 Å². The molecular weight excluding hydrogens is 218 g/mol. The van der Waals surface area contributed by atoms with E-state index in [1.165, 1.54) is 0 Å². The monoisotopic (exact) mass is 235 g/mol. The van der Waals surface area contributed by atoms with Crippen molar-refractivity contribution in [3.8, 4) is 11.5 Å². The fourth-order valence-electron chi connectivity index (χ4n) is 2.03. The average molecular weight is 235 g/mol. The lowest BCUT2D eigenvalue weighted by atomic mass is 10.0. The second kappa shape index (κ2) is 4.67. The molecule has 0 saturated heterocycles. The summed E-state index contributed by atoms with van der Waals surface area (Å²) < 4.78 is 16.2. The number of furan rings is 1. The predicted molar refractivity (Wildman–Crippen MR) is 66.7 cm³/mol. The fraction of sp³-hybridized carbons (Fsp3) is 0.385. The number of hydrogen-bond acceptors (Lipinski definition) is 4. The van der Waals surface area contributed by atoms with Crippen molar-refractivity contribution in [1.82, 2.24) is 0 Å². The van der Waals surface area contributed by atoms with E-state index >= 15 is 0 Å². The summed E-state index contributed by atoms with van der Waals surface area (Å²) >= 11 is 0. The quantitative estimate of drug-likeness (QED) is 0.883. The first kappa shape index (κ1) is 11.8. The van der Waals surface area contributed by atoms with Gasteiger partial charge in [-0.1, -0.05) is 0 Å². The summed E-state index contributed by atoms with van der Waals surface area (Å²) in [7, 11) is 3.28.